The molecule has 1 unspecified atom stereocenters. The van der Waals surface area contributed by atoms with E-state index in [1.165, 1.54) is 0 Å². The van der Waals surface area contributed by atoms with Crippen LogP contribution in [0.5, 0.6) is 0 Å². The molecule has 4 amide bonds. The molecule has 4 N–H and O–H groups in total. The van der Waals surface area contributed by atoms with Gasteiger partial charge in [0.2, 0.25) is 11.8 Å². The van der Waals surface area contributed by atoms with Crippen LogP contribution < -0.4 is 16.4 Å². The fraction of sp³-hybridized carbons (Fsp3) is 0.238. The van der Waals surface area contributed by atoms with Gasteiger partial charge in [0.05, 0.1) is 11.1 Å². The monoisotopic (exact) mass is 392 g/mol. The Labute approximate surface area is 167 Å². The molecule has 4 rings (SSSR count). The molecular formula is C21H20N4O4. The van der Waals surface area contributed by atoms with E-state index in [2.05, 4.69) is 10.6 Å². The number of hydrogen-bond donors (Lipinski definition) is 3. The van der Waals surface area contributed by atoms with Gasteiger partial charge in [-0.3, -0.25) is 29.4 Å². The number of carbonyl (C=O) groups excluding carboxylic acids is 4. The molecule has 1 atom stereocenters. The molecule has 1 fully saturated rings. The zero-order chi connectivity index (χ0) is 20.5. The third-order valence-electron chi connectivity index (χ3n) is 5.26. The summed E-state index contributed by atoms with van der Waals surface area (Å²) in [5, 5.41) is 5.47. The van der Waals surface area contributed by atoms with Gasteiger partial charge in [0.1, 0.15) is 6.04 Å². The fourth-order valence-electron chi connectivity index (χ4n) is 3.79. The Morgan fingerprint density at radius 1 is 1.00 bits per heavy atom. The van der Waals surface area contributed by atoms with Gasteiger partial charge in [-0.2, -0.15) is 0 Å². The highest BCUT2D eigenvalue weighted by Gasteiger charge is 2.45. The van der Waals surface area contributed by atoms with Crippen molar-refractivity contribution in [3.05, 3.63) is 64.7 Å². The molecule has 29 heavy (non-hydrogen) atoms. The summed E-state index contributed by atoms with van der Waals surface area (Å²) >= 11 is 0. The molecule has 148 valence electrons. The summed E-state index contributed by atoms with van der Waals surface area (Å²) in [7, 11) is 0. The number of nitrogens with two attached hydrogens (primary N) is 1. The summed E-state index contributed by atoms with van der Waals surface area (Å²) < 4.78 is 0. The number of imide groups is 2. The fourth-order valence-corrected chi connectivity index (χ4v) is 3.79. The maximum absolute atomic E-state index is 13.1. The SMILES string of the molecule is NCc1ccccc1NCc1cccc2c1C(=O)N(C1CCC(=O)NC1=O)C2=O. The summed E-state index contributed by atoms with van der Waals surface area (Å²) in [5.74, 6) is -2.04. The van der Waals surface area contributed by atoms with E-state index in [0.717, 1.165) is 16.2 Å². The lowest BCUT2D eigenvalue weighted by atomic mass is 10.0. The first-order valence-corrected chi connectivity index (χ1v) is 9.36. The topological polar surface area (TPSA) is 122 Å². The second kappa shape index (κ2) is 7.48. The molecule has 2 heterocycles. The Balaban J connectivity index is 1.61. The molecule has 2 aliphatic rings. The van der Waals surface area contributed by atoms with Crippen molar-refractivity contribution in [2.45, 2.75) is 32.0 Å². The van der Waals surface area contributed by atoms with Gasteiger partial charge in [0.15, 0.2) is 0 Å². The molecule has 0 aliphatic carbocycles. The van der Waals surface area contributed by atoms with Crippen molar-refractivity contribution in [2.75, 3.05) is 5.32 Å². The number of benzene rings is 2. The van der Waals surface area contributed by atoms with Crippen molar-refractivity contribution in [2.24, 2.45) is 5.73 Å². The van der Waals surface area contributed by atoms with Crippen LogP contribution in [0.2, 0.25) is 0 Å². The zero-order valence-electron chi connectivity index (χ0n) is 15.6. The van der Waals surface area contributed by atoms with Crippen LogP contribution in [0.4, 0.5) is 5.69 Å². The molecular weight excluding hydrogens is 372 g/mol. The first-order chi connectivity index (χ1) is 14.0. The quantitative estimate of drug-likeness (QED) is 0.657. The number of carbonyl (C=O) groups is 4. The van der Waals surface area contributed by atoms with Crippen molar-refractivity contribution in [3.63, 3.8) is 0 Å². The van der Waals surface area contributed by atoms with Gasteiger partial charge < -0.3 is 11.1 Å². The summed E-state index contributed by atoms with van der Waals surface area (Å²) in [4.78, 5) is 50.5. The normalized spacial score (nSPS) is 18.7. The lowest BCUT2D eigenvalue weighted by molar-refractivity contribution is -0.136. The average Bonchev–Trinajstić information content (AvgIpc) is 2.98. The predicted molar refractivity (Wildman–Crippen MR) is 105 cm³/mol. The van der Waals surface area contributed by atoms with Crippen LogP contribution in [0.3, 0.4) is 0 Å². The molecule has 0 bridgehead atoms. The summed E-state index contributed by atoms with van der Waals surface area (Å²) in [6.45, 7) is 0.694. The number of fused-ring (bicyclic) bond motifs is 1. The van der Waals surface area contributed by atoms with Gasteiger partial charge in [-0.15, -0.1) is 0 Å². The van der Waals surface area contributed by atoms with Crippen LogP contribution in [0.25, 0.3) is 0 Å². The van der Waals surface area contributed by atoms with Crippen LogP contribution in [0.15, 0.2) is 42.5 Å². The first kappa shape index (κ1) is 18.8. The van der Waals surface area contributed by atoms with Crippen molar-refractivity contribution in [3.8, 4) is 0 Å². The van der Waals surface area contributed by atoms with Gasteiger partial charge in [0, 0.05) is 25.2 Å². The number of nitrogens with zero attached hydrogens (tertiary/aromatic N) is 1. The number of rotatable bonds is 5. The van der Waals surface area contributed by atoms with Gasteiger partial charge in [-0.1, -0.05) is 30.3 Å². The molecule has 0 saturated carbocycles. The van der Waals surface area contributed by atoms with Crippen LogP contribution in [-0.4, -0.2) is 34.6 Å². The highest BCUT2D eigenvalue weighted by Crippen LogP contribution is 2.30. The van der Waals surface area contributed by atoms with Crippen LogP contribution in [0.1, 0.15) is 44.7 Å². The smallest absolute Gasteiger partial charge is 0.262 e. The maximum Gasteiger partial charge on any atom is 0.262 e. The molecule has 0 spiro atoms. The van der Waals surface area contributed by atoms with Crippen molar-refractivity contribution >= 4 is 29.3 Å². The lowest BCUT2D eigenvalue weighted by Crippen LogP contribution is -2.54. The van der Waals surface area contributed by atoms with E-state index in [4.69, 9.17) is 5.73 Å². The predicted octanol–water partition coefficient (Wildman–Crippen LogP) is 1.16. The van der Waals surface area contributed by atoms with E-state index < -0.39 is 29.7 Å². The number of anilines is 1. The Morgan fingerprint density at radius 3 is 2.52 bits per heavy atom. The summed E-state index contributed by atoms with van der Waals surface area (Å²) in [6, 6.07) is 11.7. The highest BCUT2D eigenvalue weighted by atomic mass is 16.2. The summed E-state index contributed by atoms with van der Waals surface area (Å²) in [6.07, 6.45) is 0.224. The van der Waals surface area contributed by atoms with Crippen molar-refractivity contribution in [1.82, 2.24) is 10.2 Å². The Morgan fingerprint density at radius 2 is 1.76 bits per heavy atom. The Kier molecular flexibility index (Phi) is 4.85. The van der Waals surface area contributed by atoms with Crippen LogP contribution in [0, 0.1) is 0 Å². The van der Waals surface area contributed by atoms with E-state index >= 15 is 0 Å². The number of hydrogen-bond acceptors (Lipinski definition) is 6. The van der Waals surface area contributed by atoms with Crippen LogP contribution >= 0.6 is 0 Å². The van der Waals surface area contributed by atoms with E-state index in [9.17, 15) is 19.2 Å². The molecule has 0 radical (unpaired) electrons. The Hall–Kier alpha value is -3.52. The van der Waals surface area contributed by atoms with Crippen LogP contribution in [-0.2, 0) is 22.7 Å². The maximum atomic E-state index is 13.1. The minimum atomic E-state index is -0.973. The number of nitrogens with one attached hydrogen (secondary N) is 2. The standard InChI is InChI=1S/C21H20N4O4/c22-10-12-4-1-2-7-15(12)23-11-13-5-3-6-14-18(13)21(29)25(20(14)28)16-8-9-17(26)24-19(16)27/h1-7,16,23H,8-11,22H2,(H,24,26,27). The minimum Gasteiger partial charge on any atom is -0.381 e. The zero-order valence-corrected chi connectivity index (χ0v) is 15.6. The lowest BCUT2D eigenvalue weighted by Gasteiger charge is -2.27. The number of para-hydroxylation sites is 1. The summed E-state index contributed by atoms with van der Waals surface area (Å²) in [5.41, 5.74) is 8.77. The number of piperidine rings is 1. The van der Waals surface area contributed by atoms with Gasteiger partial charge in [-0.25, -0.2) is 0 Å². The average molecular weight is 392 g/mol. The van der Waals surface area contributed by atoms with E-state index in [-0.39, 0.29) is 18.4 Å². The molecule has 2 aromatic carbocycles. The largest absolute Gasteiger partial charge is 0.381 e. The minimum absolute atomic E-state index is 0.0914. The highest BCUT2D eigenvalue weighted by molar-refractivity contribution is 6.24. The van der Waals surface area contributed by atoms with Gasteiger partial charge >= 0.3 is 0 Å². The first-order valence-electron chi connectivity index (χ1n) is 9.36. The Bertz CT molecular complexity index is 1030. The molecule has 2 aliphatic heterocycles. The van der Waals surface area contributed by atoms with E-state index in [1.54, 1.807) is 18.2 Å². The van der Waals surface area contributed by atoms with E-state index in [1.807, 2.05) is 24.3 Å². The second-order valence-corrected chi connectivity index (χ2v) is 7.00. The van der Waals surface area contributed by atoms with Gasteiger partial charge in [0.25, 0.3) is 11.8 Å². The van der Waals surface area contributed by atoms with E-state index in [0.29, 0.717) is 24.2 Å². The number of amides is 4. The van der Waals surface area contributed by atoms with Gasteiger partial charge in [-0.05, 0) is 29.7 Å². The molecule has 8 nitrogen and oxygen atoms in total. The molecule has 0 aromatic heterocycles. The van der Waals surface area contributed by atoms with Crippen molar-refractivity contribution < 1.29 is 19.2 Å². The third-order valence-corrected chi connectivity index (χ3v) is 5.26. The molecule has 1 saturated heterocycles. The van der Waals surface area contributed by atoms with Crippen molar-refractivity contribution in [1.29, 1.82) is 0 Å². The third kappa shape index (κ3) is 3.27. The molecule has 8 heteroatoms. The molecule has 2 aromatic rings. The second-order valence-electron chi connectivity index (χ2n) is 7.00.